The third-order valence-electron chi connectivity index (χ3n) is 3.87. The minimum absolute atomic E-state index is 0.00912. The van der Waals surface area contributed by atoms with Crippen molar-refractivity contribution in [3.05, 3.63) is 29.8 Å². The van der Waals surface area contributed by atoms with Crippen molar-refractivity contribution in [3.8, 4) is 0 Å². The zero-order valence-corrected chi connectivity index (χ0v) is 14.6. The van der Waals surface area contributed by atoms with Crippen LogP contribution in [0.2, 0.25) is 0 Å². The zero-order chi connectivity index (χ0) is 16.0. The first-order chi connectivity index (χ1) is 9.88. The maximum Gasteiger partial charge on any atom is 0.243 e. The van der Waals surface area contributed by atoms with Gasteiger partial charge in [-0.25, -0.2) is 8.42 Å². The molecule has 0 aliphatic heterocycles. The molecule has 0 amide bonds. The molecule has 0 aromatic heterocycles. The second-order valence-electron chi connectivity index (χ2n) is 5.32. The summed E-state index contributed by atoms with van der Waals surface area (Å²) in [4.78, 5) is 0.381. The average molecular weight is 312 g/mol. The van der Waals surface area contributed by atoms with Gasteiger partial charge in [-0.3, -0.25) is 0 Å². The number of sulfonamides is 1. The predicted octanol–water partition coefficient (Wildman–Crippen LogP) is 3.17. The summed E-state index contributed by atoms with van der Waals surface area (Å²) in [5, 5.41) is 3.31. The Kier molecular flexibility index (Phi) is 6.84. The molecule has 1 rings (SSSR count). The first-order valence-corrected chi connectivity index (χ1v) is 9.17. The lowest BCUT2D eigenvalue weighted by Crippen LogP contribution is -2.38. The van der Waals surface area contributed by atoms with Crippen molar-refractivity contribution in [1.82, 2.24) is 9.62 Å². The van der Waals surface area contributed by atoms with Crippen molar-refractivity contribution in [2.45, 2.75) is 58.0 Å². The molecule has 0 aliphatic rings. The van der Waals surface area contributed by atoms with E-state index >= 15 is 0 Å². The van der Waals surface area contributed by atoms with Crippen LogP contribution >= 0.6 is 0 Å². The molecule has 1 aromatic carbocycles. The van der Waals surface area contributed by atoms with Crippen molar-refractivity contribution in [2.24, 2.45) is 0 Å². The molecular weight excluding hydrogens is 284 g/mol. The van der Waals surface area contributed by atoms with Crippen LogP contribution in [0.4, 0.5) is 0 Å². The van der Waals surface area contributed by atoms with Gasteiger partial charge < -0.3 is 5.32 Å². The van der Waals surface area contributed by atoms with Crippen LogP contribution in [-0.2, 0) is 10.0 Å². The fourth-order valence-electron chi connectivity index (χ4n) is 2.43. The van der Waals surface area contributed by atoms with Gasteiger partial charge in [-0.2, -0.15) is 4.31 Å². The van der Waals surface area contributed by atoms with E-state index in [1.807, 2.05) is 46.8 Å². The third-order valence-corrected chi connectivity index (χ3v) is 5.95. The number of nitrogens with one attached hydrogen (secondary N) is 1. The highest BCUT2D eigenvalue weighted by Gasteiger charge is 2.27. The SMILES string of the molecule is CCNC(C)c1cccc(S(=O)(=O)N(CC)C(C)CC)c1. The molecule has 0 saturated carbocycles. The molecule has 0 bridgehead atoms. The van der Waals surface area contributed by atoms with Crippen molar-refractivity contribution in [3.63, 3.8) is 0 Å². The Morgan fingerprint density at radius 1 is 1.19 bits per heavy atom. The smallest absolute Gasteiger partial charge is 0.243 e. The van der Waals surface area contributed by atoms with E-state index in [1.165, 1.54) is 0 Å². The van der Waals surface area contributed by atoms with Gasteiger partial charge in [0.2, 0.25) is 10.0 Å². The summed E-state index contributed by atoms with van der Waals surface area (Å²) < 4.78 is 27.2. The normalized spacial score (nSPS) is 15.1. The Bertz CT molecular complexity index is 543. The van der Waals surface area contributed by atoms with Gasteiger partial charge in [0.05, 0.1) is 4.90 Å². The maximum atomic E-state index is 12.8. The number of benzene rings is 1. The number of rotatable bonds is 8. The van der Waals surface area contributed by atoms with E-state index in [0.29, 0.717) is 11.4 Å². The monoisotopic (exact) mass is 312 g/mol. The molecule has 2 atom stereocenters. The molecule has 1 aromatic rings. The van der Waals surface area contributed by atoms with E-state index in [2.05, 4.69) is 5.32 Å². The van der Waals surface area contributed by atoms with Gasteiger partial charge in [-0.15, -0.1) is 0 Å². The first kappa shape index (κ1) is 18.1. The van der Waals surface area contributed by atoms with Gasteiger partial charge in [0, 0.05) is 18.6 Å². The molecule has 5 heteroatoms. The van der Waals surface area contributed by atoms with E-state index in [9.17, 15) is 8.42 Å². The van der Waals surface area contributed by atoms with Crippen molar-refractivity contribution >= 4 is 10.0 Å². The van der Waals surface area contributed by atoms with E-state index in [0.717, 1.165) is 18.5 Å². The van der Waals surface area contributed by atoms with Crippen LogP contribution in [-0.4, -0.2) is 31.9 Å². The van der Waals surface area contributed by atoms with Crippen molar-refractivity contribution < 1.29 is 8.42 Å². The number of nitrogens with zero attached hydrogens (tertiary/aromatic N) is 1. The molecule has 2 unspecified atom stereocenters. The van der Waals surface area contributed by atoms with Gasteiger partial charge in [0.15, 0.2) is 0 Å². The minimum atomic E-state index is -3.43. The summed E-state index contributed by atoms with van der Waals surface area (Å²) in [7, 11) is -3.43. The van der Waals surface area contributed by atoms with E-state index < -0.39 is 10.0 Å². The van der Waals surface area contributed by atoms with E-state index in [-0.39, 0.29) is 12.1 Å². The molecule has 4 nitrogen and oxygen atoms in total. The molecule has 0 saturated heterocycles. The quantitative estimate of drug-likeness (QED) is 0.802. The fourth-order valence-corrected chi connectivity index (χ4v) is 4.20. The maximum absolute atomic E-state index is 12.8. The second kappa shape index (κ2) is 7.92. The van der Waals surface area contributed by atoms with Gasteiger partial charge >= 0.3 is 0 Å². The molecule has 1 N–H and O–H groups in total. The molecule has 0 spiro atoms. The molecule has 0 aliphatic carbocycles. The zero-order valence-electron chi connectivity index (χ0n) is 13.8. The highest BCUT2D eigenvalue weighted by Crippen LogP contribution is 2.22. The lowest BCUT2D eigenvalue weighted by molar-refractivity contribution is 0.342. The first-order valence-electron chi connectivity index (χ1n) is 7.73. The van der Waals surface area contributed by atoms with Crippen LogP contribution in [0.5, 0.6) is 0 Å². The summed E-state index contributed by atoms with van der Waals surface area (Å²) in [5.41, 5.74) is 0.998. The Morgan fingerprint density at radius 2 is 1.86 bits per heavy atom. The van der Waals surface area contributed by atoms with Crippen LogP contribution < -0.4 is 5.32 Å². The molecule has 0 heterocycles. The van der Waals surface area contributed by atoms with Gasteiger partial charge in [0.1, 0.15) is 0 Å². The topological polar surface area (TPSA) is 49.4 Å². The minimum Gasteiger partial charge on any atom is -0.310 e. The predicted molar refractivity (Wildman–Crippen MR) is 87.9 cm³/mol. The largest absolute Gasteiger partial charge is 0.310 e. The van der Waals surface area contributed by atoms with Gasteiger partial charge in [-0.1, -0.05) is 32.9 Å². The summed E-state index contributed by atoms with van der Waals surface area (Å²) >= 11 is 0. The highest BCUT2D eigenvalue weighted by atomic mass is 32.2. The standard InChI is InChI=1S/C16H28N2O2S/c1-6-13(4)18(8-3)21(19,20)16-11-9-10-15(12-16)14(5)17-7-2/h9-14,17H,6-8H2,1-5H3. The van der Waals surface area contributed by atoms with Crippen molar-refractivity contribution in [1.29, 1.82) is 0 Å². The molecule has 21 heavy (non-hydrogen) atoms. The van der Waals surface area contributed by atoms with E-state index in [1.54, 1.807) is 16.4 Å². The van der Waals surface area contributed by atoms with Crippen LogP contribution in [0.3, 0.4) is 0 Å². The van der Waals surface area contributed by atoms with Crippen LogP contribution in [0.1, 0.15) is 52.6 Å². The summed E-state index contributed by atoms with van der Waals surface area (Å²) in [5.74, 6) is 0. The fraction of sp³-hybridized carbons (Fsp3) is 0.625. The lowest BCUT2D eigenvalue weighted by Gasteiger charge is -2.26. The van der Waals surface area contributed by atoms with Gasteiger partial charge in [0.25, 0.3) is 0 Å². The molecule has 0 radical (unpaired) electrons. The van der Waals surface area contributed by atoms with Crippen LogP contribution in [0.25, 0.3) is 0 Å². The summed E-state index contributed by atoms with van der Waals surface area (Å²) in [6.07, 6.45) is 0.806. The second-order valence-corrected chi connectivity index (χ2v) is 7.21. The average Bonchev–Trinajstić information content (AvgIpc) is 2.47. The van der Waals surface area contributed by atoms with Crippen LogP contribution in [0.15, 0.2) is 29.2 Å². The Morgan fingerprint density at radius 3 is 2.38 bits per heavy atom. The van der Waals surface area contributed by atoms with E-state index in [4.69, 9.17) is 0 Å². The van der Waals surface area contributed by atoms with Crippen LogP contribution in [0, 0.1) is 0 Å². The Labute approximate surface area is 129 Å². The summed E-state index contributed by atoms with van der Waals surface area (Å²) in [6.45, 7) is 11.3. The Hall–Kier alpha value is -0.910. The third kappa shape index (κ3) is 4.28. The molecule has 120 valence electrons. The van der Waals surface area contributed by atoms with Crippen molar-refractivity contribution in [2.75, 3.05) is 13.1 Å². The Balaban J connectivity index is 3.16. The summed E-state index contributed by atoms with van der Waals surface area (Å²) in [6, 6.07) is 7.40. The number of hydrogen-bond acceptors (Lipinski definition) is 3. The molecular formula is C16H28N2O2S. The molecule has 0 fully saturated rings. The number of hydrogen-bond donors (Lipinski definition) is 1. The highest BCUT2D eigenvalue weighted by molar-refractivity contribution is 7.89. The van der Waals surface area contributed by atoms with Gasteiger partial charge in [-0.05, 0) is 44.5 Å². The lowest BCUT2D eigenvalue weighted by atomic mass is 10.1.